The summed E-state index contributed by atoms with van der Waals surface area (Å²) < 4.78 is 27.7. The summed E-state index contributed by atoms with van der Waals surface area (Å²) in [6, 6.07) is 9.56. The molecule has 10 heteroatoms. The molecule has 3 rings (SSSR count). The molecule has 0 saturated carbocycles. The number of nitrogens with one attached hydrogen (secondary N) is 2. The third-order valence-corrected chi connectivity index (χ3v) is 7.08. The van der Waals surface area contributed by atoms with Crippen molar-refractivity contribution in [2.45, 2.75) is 71.2 Å². The van der Waals surface area contributed by atoms with Gasteiger partial charge in [-0.25, -0.2) is 8.78 Å². The Bertz CT molecular complexity index is 1160. The summed E-state index contributed by atoms with van der Waals surface area (Å²) in [6.45, 7) is 6.30. The predicted octanol–water partition coefficient (Wildman–Crippen LogP) is 2.56. The summed E-state index contributed by atoms with van der Waals surface area (Å²) in [5.74, 6) is -2.61. The first-order valence-corrected chi connectivity index (χ1v) is 13.9. The maximum Gasteiger partial charge on any atom is 0.246 e. The summed E-state index contributed by atoms with van der Waals surface area (Å²) in [6.07, 6.45) is 0.904. The van der Waals surface area contributed by atoms with Crippen LogP contribution in [-0.2, 0) is 33.8 Å². The molecule has 3 amide bonds. The first kappa shape index (κ1) is 31.2. The molecule has 0 spiro atoms. The van der Waals surface area contributed by atoms with Crippen LogP contribution in [0.4, 0.5) is 8.78 Å². The number of amides is 3. The number of nitrogens with zero attached hydrogens (tertiary/aromatic N) is 2. The summed E-state index contributed by atoms with van der Waals surface area (Å²) in [7, 11) is 0. The molecule has 0 aromatic heterocycles. The third-order valence-electron chi connectivity index (χ3n) is 7.08. The second-order valence-corrected chi connectivity index (χ2v) is 10.2. The minimum Gasteiger partial charge on any atom is -0.390 e. The molecule has 1 fully saturated rings. The van der Waals surface area contributed by atoms with Crippen LogP contribution in [0.25, 0.3) is 0 Å². The van der Waals surface area contributed by atoms with E-state index in [1.54, 1.807) is 4.90 Å². The summed E-state index contributed by atoms with van der Waals surface area (Å²) in [4.78, 5) is 41.6. The van der Waals surface area contributed by atoms with E-state index in [1.807, 2.05) is 32.0 Å². The van der Waals surface area contributed by atoms with Crippen molar-refractivity contribution in [2.75, 3.05) is 26.2 Å². The van der Waals surface area contributed by atoms with Crippen molar-refractivity contribution in [3.05, 3.63) is 70.8 Å². The van der Waals surface area contributed by atoms with E-state index in [2.05, 4.69) is 23.6 Å². The Morgan fingerprint density at radius 3 is 2.40 bits per heavy atom. The molecule has 218 valence electrons. The Morgan fingerprint density at radius 1 is 1.05 bits per heavy atom. The number of piperazine rings is 1. The van der Waals surface area contributed by atoms with Gasteiger partial charge in [0.15, 0.2) is 0 Å². The van der Waals surface area contributed by atoms with Gasteiger partial charge in [-0.2, -0.15) is 0 Å². The Kier molecular flexibility index (Phi) is 11.6. The van der Waals surface area contributed by atoms with Crippen LogP contribution >= 0.6 is 0 Å². The maximum atomic E-state index is 13.9. The lowest BCUT2D eigenvalue weighted by Gasteiger charge is -2.39. The number of carbonyl (C=O) groups is 3. The molecule has 0 unspecified atom stereocenters. The number of benzene rings is 2. The first-order chi connectivity index (χ1) is 19.1. The first-order valence-electron chi connectivity index (χ1n) is 13.9. The molecular formula is C30H40F2N4O4. The molecule has 1 aliphatic rings. The molecule has 1 heterocycles. The smallest absolute Gasteiger partial charge is 0.246 e. The van der Waals surface area contributed by atoms with E-state index in [0.717, 1.165) is 30.2 Å². The van der Waals surface area contributed by atoms with Crippen LogP contribution in [0.1, 0.15) is 50.3 Å². The van der Waals surface area contributed by atoms with Gasteiger partial charge in [0, 0.05) is 25.7 Å². The van der Waals surface area contributed by atoms with Crippen molar-refractivity contribution >= 4 is 17.7 Å². The SMILES string of the molecule is CCCN1C(=O)CN(CC(=O)N[C@@H](Cc2cc(F)cc(F)c2)[C@@H](O)CNCc2cccc(CC)c2)C(=O)[C@H]1CC. The highest BCUT2D eigenvalue weighted by atomic mass is 19.1. The molecule has 2 aromatic carbocycles. The topological polar surface area (TPSA) is 102 Å². The van der Waals surface area contributed by atoms with Crippen LogP contribution in [0, 0.1) is 11.6 Å². The van der Waals surface area contributed by atoms with Crippen LogP contribution in [-0.4, -0.2) is 77.0 Å². The Morgan fingerprint density at radius 2 is 1.75 bits per heavy atom. The minimum absolute atomic E-state index is 0.0384. The van der Waals surface area contributed by atoms with E-state index in [9.17, 15) is 28.3 Å². The number of hydrogen-bond acceptors (Lipinski definition) is 5. The van der Waals surface area contributed by atoms with Gasteiger partial charge in [-0.05, 0) is 54.5 Å². The van der Waals surface area contributed by atoms with E-state index in [1.165, 1.54) is 10.5 Å². The molecule has 0 radical (unpaired) electrons. The zero-order chi connectivity index (χ0) is 29.2. The highest BCUT2D eigenvalue weighted by Gasteiger charge is 2.38. The van der Waals surface area contributed by atoms with Gasteiger partial charge in [0.25, 0.3) is 0 Å². The molecular weight excluding hydrogens is 518 g/mol. The lowest BCUT2D eigenvalue weighted by atomic mass is 10.00. The fourth-order valence-corrected chi connectivity index (χ4v) is 5.06. The van der Waals surface area contributed by atoms with Gasteiger partial charge in [0.05, 0.1) is 12.1 Å². The van der Waals surface area contributed by atoms with Crippen molar-refractivity contribution < 1.29 is 28.3 Å². The zero-order valence-corrected chi connectivity index (χ0v) is 23.5. The second kappa shape index (κ2) is 14.9. The number of carbonyl (C=O) groups excluding carboxylic acids is 3. The van der Waals surface area contributed by atoms with Crippen LogP contribution in [0.2, 0.25) is 0 Å². The van der Waals surface area contributed by atoms with Gasteiger partial charge in [-0.15, -0.1) is 0 Å². The van der Waals surface area contributed by atoms with Gasteiger partial charge >= 0.3 is 0 Å². The molecule has 1 aliphatic heterocycles. The summed E-state index contributed by atoms with van der Waals surface area (Å²) >= 11 is 0. The maximum absolute atomic E-state index is 13.9. The molecule has 40 heavy (non-hydrogen) atoms. The molecule has 0 aliphatic carbocycles. The van der Waals surface area contributed by atoms with Crippen LogP contribution < -0.4 is 10.6 Å². The Labute approximate surface area is 234 Å². The predicted molar refractivity (Wildman–Crippen MR) is 148 cm³/mol. The monoisotopic (exact) mass is 558 g/mol. The number of rotatable bonds is 14. The largest absolute Gasteiger partial charge is 0.390 e. The average Bonchev–Trinajstić information content (AvgIpc) is 2.91. The van der Waals surface area contributed by atoms with Crippen molar-refractivity contribution in [3.63, 3.8) is 0 Å². The fraction of sp³-hybridized carbons (Fsp3) is 0.500. The van der Waals surface area contributed by atoms with Crippen molar-refractivity contribution in [1.82, 2.24) is 20.4 Å². The zero-order valence-electron chi connectivity index (χ0n) is 23.5. The number of aliphatic hydroxyl groups is 1. The summed E-state index contributed by atoms with van der Waals surface area (Å²) in [5.41, 5.74) is 2.49. The van der Waals surface area contributed by atoms with Crippen LogP contribution in [0.5, 0.6) is 0 Å². The highest BCUT2D eigenvalue weighted by Crippen LogP contribution is 2.17. The number of aryl methyl sites for hydroxylation is 1. The van der Waals surface area contributed by atoms with Crippen LogP contribution in [0.15, 0.2) is 42.5 Å². The molecule has 3 N–H and O–H groups in total. The number of halogens is 2. The lowest BCUT2D eigenvalue weighted by Crippen LogP contribution is -2.61. The second-order valence-electron chi connectivity index (χ2n) is 10.2. The number of aliphatic hydroxyl groups excluding tert-OH is 1. The third kappa shape index (κ3) is 8.56. The van der Waals surface area contributed by atoms with E-state index in [4.69, 9.17) is 0 Å². The van der Waals surface area contributed by atoms with E-state index in [0.29, 0.717) is 25.9 Å². The molecule has 1 saturated heterocycles. The molecule has 0 bridgehead atoms. The number of hydrogen-bond donors (Lipinski definition) is 3. The van der Waals surface area contributed by atoms with E-state index in [-0.39, 0.29) is 43.4 Å². The highest BCUT2D eigenvalue weighted by molar-refractivity contribution is 5.97. The van der Waals surface area contributed by atoms with Crippen molar-refractivity contribution in [2.24, 2.45) is 0 Å². The van der Waals surface area contributed by atoms with Gasteiger partial charge in [-0.1, -0.05) is 45.0 Å². The molecule has 2 aromatic rings. The van der Waals surface area contributed by atoms with Crippen molar-refractivity contribution in [3.8, 4) is 0 Å². The van der Waals surface area contributed by atoms with Gasteiger partial charge < -0.3 is 25.5 Å². The fourth-order valence-electron chi connectivity index (χ4n) is 5.06. The Balaban J connectivity index is 1.69. The van der Waals surface area contributed by atoms with Crippen LogP contribution in [0.3, 0.4) is 0 Å². The Hall–Kier alpha value is -3.37. The van der Waals surface area contributed by atoms with Gasteiger partial charge in [0.2, 0.25) is 17.7 Å². The summed E-state index contributed by atoms with van der Waals surface area (Å²) in [5, 5.41) is 16.9. The molecule has 3 atom stereocenters. The lowest BCUT2D eigenvalue weighted by molar-refractivity contribution is -0.157. The van der Waals surface area contributed by atoms with Gasteiger partial charge in [-0.3, -0.25) is 14.4 Å². The van der Waals surface area contributed by atoms with Crippen molar-refractivity contribution in [1.29, 1.82) is 0 Å². The van der Waals surface area contributed by atoms with E-state index >= 15 is 0 Å². The van der Waals surface area contributed by atoms with E-state index < -0.39 is 35.7 Å². The minimum atomic E-state index is -1.10. The average molecular weight is 559 g/mol. The normalized spacial score (nSPS) is 17.2. The molecule has 8 nitrogen and oxygen atoms in total. The van der Waals surface area contributed by atoms with Gasteiger partial charge in [0.1, 0.15) is 30.8 Å². The standard InChI is InChI=1S/C30H40F2N4O4/c1-4-10-36-26(6-3)30(40)35(19-29(36)39)18-28(38)34-25(14-22-12-23(31)15-24(32)13-22)27(37)17-33-16-21-9-7-8-20(5-2)11-21/h7-9,11-13,15,25-27,33,37H,4-6,10,14,16-19H2,1-3H3,(H,34,38)/t25-,26+,27-/m0/s1. The quantitative estimate of drug-likeness (QED) is 0.331.